The largest absolute Gasteiger partial charge is 0.370 e. The Balaban J connectivity index is 2.09. The van der Waals surface area contributed by atoms with Crippen LogP contribution in [-0.4, -0.2) is 27.6 Å². The number of aromatic nitrogens is 2. The molecule has 0 amide bonds. The van der Waals surface area contributed by atoms with Crippen LogP contribution in [0.5, 0.6) is 0 Å². The number of carbonyl (C=O) groups excluding carboxylic acids is 1. The SMILES string of the molecule is Cn1c(=O)n(C)c2cc(C(=O)C3CCCO3)ccc21. The molecule has 1 atom stereocenters. The van der Waals surface area contributed by atoms with E-state index >= 15 is 0 Å². The third-order valence-electron chi connectivity index (χ3n) is 3.78. The van der Waals surface area contributed by atoms with Crippen molar-refractivity contribution in [3.05, 3.63) is 34.2 Å². The van der Waals surface area contributed by atoms with Crippen LogP contribution in [0.2, 0.25) is 0 Å². The van der Waals surface area contributed by atoms with E-state index in [0.29, 0.717) is 12.2 Å². The van der Waals surface area contributed by atoms with Gasteiger partial charge in [-0.3, -0.25) is 13.9 Å². The fourth-order valence-corrected chi connectivity index (χ4v) is 2.63. The van der Waals surface area contributed by atoms with E-state index < -0.39 is 0 Å². The number of hydrogen-bond donors (Lipinski definition) is 0. The smallest absolute Gasteiger partial charge is 0.328 e. The van der Waals surface area contributed by atoms with Crippen LogP contribution in [0, 0.1) is 0 Å². The fraction of sp³-hybridized carbons (Fsp3) is 0.429. The highest BCUT2D eigenvalue weighted by molar-refractivity contribution is 6.02. The molecule has 1 fully saturated rings. The molecule has 1 unspecified atom stereocenters. The maximum Gasteiger partial charge on any atom is 0.328 e. The summed E-state index contributed by atoms with van der Waals surface area (Å²) >= 11 is 0. The molecule has 0 N–H and O–H groups in total. The van der Waals surface area contributed by atoms with Crippen LogP contribution >= 0.6 is 0 Å². The van der Waals surface area contributed by atoms with E-state index in [1.54, 1.807) is 35.4 Å². The normalized spacial score (nSPS) is 19.2. The third kappa shape index (κ3) is 1.81. The van der Waals surface area contributed by atoms with Gasteiger partial charge >= 0.3 is 5.69 Å². The first-order valence-corrected chi connectivity index (χ1v) is 6.41. The number of benzene rings is 1. The van der Waals surface area contributed by atoms with Crippen molar-refractivity contribution in [3.8, 4) is 0 Å². The van der Waals surface area contributed by atoms with E-state index in [0.717, 1.165) is 23.9 Å². The van der Waals surface area contributed by atoms with E-state index in [9.17, 15) is 9.59 Å². The lowest BCUT2D eigenvalue weighted by Crippen LogP contribution is -2.19. The maximum atomic E-state index is 12.3. The second kappa shape index (κ2) is 4.35. The lowest BCUT2D eigenvalue weighted by Gasteiger charge is -2.08. The van der Waals surface area contributed by atoms with E-state index in [1.165, 1.54) is 0 Å². The van der Waals surface area contributed by atoms with Crippen LogP contribution in [0.15, 0.2) is 23.0 Å². The van der Waals surface area contributed by atoms with Gasteiger partial charge in [-0.05, 0) is 31.0 Å². The summed E-state index contributed by atoms with van der Waals surface area (Å²) in [5, 5.41) is 0. The average Bonchev–Trinajstić information content (AvgIpc) is 3.03. The third-order valence-corrected chi connectivity index (χ3v) is 3.78. The number of ether oxygens (including phenoxy) is 1. The van der Waals surface area contributed by atoms with Gasteiger partial charge in [0, 0.05) is 26.3 Å². The zero-order valence-corrected chi connectivity index (χ0v) is 11.0. The second-order valence-corrected chi connectivity index (χ2v) is 4.97. The summed E-state index contributed by atoms with van der Waals surface area (Å²) in [4.78, 5) is 24.1. The van der Waals surface area contributed by atoms with Crippen molar-refractivity contribution in [1.82, 2.24) is 9.13 Å². The molecule has 1 aliphatic rings. The second-order valence-electron chi connectivity index (χ2n) is 4.97. The van der Waals surface area contributed by atoms with Crippen molar-refractivity contribution in [3.63, 3.8) is 0 Å². The molecule has 5 nitrogen and oxygen atoms in total. The van der Waals surface area contributed by atoms with E-state index in [1.807, 2.05) is 6.07 Å². The summed E-state index contributed by atoms with van der Waals surface area (Å²) in [6.07, 6.45) is 1.39. The quantitative estimate of drug-likeness (QED) is 0.763. The van der Waals surface area contributed by atoms with Crippen molar-refractivity contribution in [2.24, 2.45) is 14.1 Å². The molecule has 0 spiro atoms. The van der Waals surface area contributed by atoms with Gasteiger partial charge < -0.3 is 4.74 Å². The Kier molecular flexibility index (Phi) is 2.78. The Morgan fingerprint density at radius 2 is 2.00 bits per heavy atom. The summed E-state index contributed by atoms with van der Waals surface area (Å²) in [5.74, 6) is 0.00991. The lowest BCUT2D eigenvalue weighted by molar-refractivity contribution is 0.0643. The molecule has 0 aliphatic carbocycles. The summed E-state index contributed by atoms with van der Waals surface area (Å²) < 4.78 is 8.55. The number of rotatable bonds is 2. The van der Waals surface area contributed by atoms with Gasteiger partial charge in [0.05, 0.1) is 11.0 Å². The molecule has 1 saturated heterocycles. The van der Waals surface area contributed by atoms with E-state index in [-0.39, 0.29) is 17.6 Å². The highest BCUT2D eigenvalue weighted by Gasteiger charge is 2.25. The molecule has 1 aliphatic heterocycles. The Morgan fingerprint density at radius 3 is 2.68 bits per heavy atom. The van der Waals surface area contributed by atoms with Gasteiger partial charge in [0.25, 0.3) is 0 Å². The molecule has 19 heavy (non-hydrogen) atoms. The highest BCUT2D eigenvalue weighted by Crippen LogP contribution is 2.20. The number of imidazole rings is 1. The summed E-state index contributed by atoms with van der Waals surface area (Å²) in [6.45, 7) is 0.655. The van der Waals surface area contributed by atoms with Crippen molar-refractivity contribution in [1.29, 1.82) is 0 Å². The molecule has 0 saturated carbocycles. The Morgan fingerprint density at radius 1 is 1.26 bits per heavy atom. The summed E-state index contributed by atoms with van der Waals surface area (Å²) in [7, 11) is 3.44. The van der Waals surface area contributed by atoms with Crippen LogP contribution in [0.1, 0.15) is 23.2 Å². The molecular formula is C14H16N2O3. The number of hydrogen-bond acceptors (Lipinski definition) is 3. The molecule has 1 aromatic carbocycles. The molecular weight excluding hydrogens is 244 g/mol. The van der Waals surface area contributed by atoms with Crippen molar-refractivity contribution in [2.45, 2.75) is 18.9 Å². The molecule has 100 valence electrons. The standard InChI is InChI=1S/C14H16N2O3/c1-15-10-6-5-9(8-11(10)16(2)14(15)18)13(17)12-4-3-7-19-12/h5-6,8,12H,3-4,7H2,1-2H3. The molecule has 2 aromatic rings. The van der Waals surface area contributed by atoms with Gasteiger partial charge in [-0.15, -0.1) is 0 Å². The number of ketones is 1. The Bertz CT molecular complexity index is 705. The van der Waals surface area contributed by atoms with E-state index in [4.69, 9.17) is 4.74 Å². The van der Waals surface area contributed by atoms with Crippen molar-refractivity contribution in [2.75, 3.05) is 6.61 Å². The van der Waals surface area contributed by atoms with Crippen LogP contribution in [0.3, 0.4) is 0 Å². The molecule has 5 heteroatoms. The molecule has 0 bridgehead atoms. The minimum Gasteiger partial charge on any atom is -0.370 e. The van der Waals surface area contributed by atoms with Gasteiger partial charge in [-0.1, -0.05) is 0 Å². The number of carbonyl (C=O) groups is 1. The molecule has 2 heterocycles. The topological polar surface area (TPSA) is 53.2 Å². The zero-order valence-electron chi connectivity index (χ0n) is 11.0. The van der Waals surface area contributed by atoms with E-state index in [2.05, 4.69) is 0 Å². The van der Waals surface area contributed by atoms with Gasteiger partial charge in [-0.2, -0.15) is 0 Å². The van der Waals surface area contributed by atoms with Gasteiger partial charge in [0.15, 0.2) is 5.78 Å². The molecule has 3 rings (SSSR count). The predicted octanol–water partition coefficient (Wildman–Crippen LogP) is 1.24. The predicted molar refractivity (Wildman–Crippen MR) is 71.5 cm³/mol. The minimum absolute atomic E-state index is 0.00991. The minimum atomic E-state index is -0.321. The molecule has 1 aromatic heterocycles. The Hall–Kier alpha value is -1.88. The number of aryl methyl sites for hydroxylation is 2. The number of nitrogens with zero attached hydrogens (tertiary/aromatic N) is 2. The fourth-order valence-electron chi connectivity index (χ4n) is 2.63. The number of Topliss-reactive ketones (excluding diaryl/α,β-unsaturated/α-hetero) is 1. The summed E-state index contributed by atoms with van der Waals surface area (Å²) in [5.41, 5.74) is 2.13. The number of fused-ring (bicyclic) bond motifs is 1. The van der Waals surface area contributed by atoms with Crippen LogP contribution in [-0.2, 0) is 18.8 Å². The van der Waals surface area contributed by atoms with Gasteiger partial charge in [-0.25, -0.2) is 4.79 Å². The summed E-state index contributed by atoms with van der Waals surface area (Å²) in [6, 6.07) is 5.37. The first-order chi connectivity index (χ1) is 9.09. The lowest BCUT2D eigenvalue weighted by atomic mass is 10.0. The first kappa shape index (κ1) is 12.2. The van der Waals surface area contributed by atoms with Crippen LogP contribution < -0.4 is 5.69 Å². The van der Waals surface area contributed by atoms with Crippen LogP contribution in [0.4, 0.5) is 0 Å². The zero-order chi connectivity index (χ0) is 13.6. The Labute approximate surface area is 110 Å². The van der Waals surface area contributed by atoms with Gasteiger partial charge in [0.2, 0.25) is 0 Å². The van der Waals surface area contributed by atoms with Gasteiger partial charge in [0.1, 0.15) is 6.10 Å². The van der Waals surface area contributed by atoms with Crippen molar-refractivity contribution < 1.29 is 9.53 Å². The monoisotopic (exact) mass is 260 g/mol. The highest BCUT2D eigenvalue weighted by atomic mass is 16.5. The maximum absolute atomic E-state index is 12.3. The first-order valence-electron chi connectivity index (χ1n) is 6.41. The average molecular weight is 260 g/mol. The van der Waals surface area contributed by atoms with Crippen LogP contribution in [0.25, 0.3) is 11.0 Å². The molecule has 0 radical (unpaired) electrons. The van der Waals surface area contributed by atoms with Crippen molar-refractivity contribution >= 4 is 16.8 Å².